The fourth-order valence-electron chi connectivity index (χ4n) is 0.211. The lowest BCUT2D eigenvalue weighted by molar-refractivity contribution is -0.151. The number of amides is 1. The molecule has 0 radical (unpaired) electrons. The second kappa shape index (κ2) is 4.20. The van der Waals surface area contributed by atoms with Gasteiger partial charge in [0.15, 0.2) is 0 Å². The molecule has 0 aliphatic rings. The van der Waals surface area contributed by atoms with Gasteiger partial charge in [-0.1, -0.05) is 0 Å². The summed E-state index contributed by atoms with van der Waals surface area (Å²) >= 11 is 0. The van der Waals surface area contributed by atoms with Gasteiger partial charge >= 0.3 is 6.61 Å². The number of nitrogens with one attached hydrogen (secondary N) is 1. The van der Waals surface area contributed by atoms with E-state index in [0.717, 1.165) is 0 Å². The van der Waals surface area contributed by atoms with Crippen LogP contribution in [-0.2, 0) is 9.53 Å². The van der Waals surface area contributed by atoms with Crippen LogP contribution in [0.4, 0.5) is 8.78 Å². The molecule has 0 fully saturated rings. The van der Waals surface area contributed by atoms with Crippen molar-refractivity contribution in [3.8, 4) is 0 Å². The third kappa shape index (κ3) is 5.16. The van der Waals surface area contributed by atoms with Gasteiger partial charge in [0.05, 0.1) is 0 Å². The second-order valence-electron chi connectivity index (χ2n) is 1.24. The maximum atomic E-state index is 11.1. The molecule has 0 aliphatic heterocycles. The standard InChI is InChI=1S/C4H7F2NO2/c1-7-3(8)2-9-4(5)6/h4H,2H2,1H3,(H,7,8). The van der Waals surface area contributed by atoms with E-state index < -0.39 is 19.1 Å². The highest BCUT2D eigenvalue weighted by molar-refractivity contribution is 5.76. The van der Waals surface area contributed by atoms with Gasteiger partial charge in [0.1, 0.15) is 6.61 Å². The summed E-state index contributed by atoms with van der Waals surface area (Å²) in [5.41, 5.74) is 0. The number of rotatable bonds is 3. The van der Waals surface area contributed by atoms with Gasteiger partial charge in [-0.25, -0.2) is 0 Å². The van der Waals surface area contributed by atoms with Crippen LogP contribution in [0.3, 0.4) is 0 Å². The van der Waals surface area contributed by atoms with Crippen molar-refractivity contribution in [1.29, 1.82) is 0 Å². The van der Waals surface area contributed by atoms with Gasteiger partial charge in [0, 0.05) is 7.05 Å². The number of halogens is 2. The number of carbonyl (C=O) groups excluding carboxylic acids is 1. The summed E-state index contributed by atoms with van der Waals surface area (Å²) in [7, 11) is 1.34. The molecule has 0 rings (SSSR count). The zero-order valence-electron chi connectivity index (χ0n) is 4.86. The normalized spacial score (nSPS) is 9.78. The van der Waals surface area contributed by atoms with Crippen LogP contribution in [0.5, 0.6) is 0 Å². The first-order valence-electron chi connectivity index (χ1n) is 2.27. The van der Waals surface area contributed by atoms with Crippen LogP contribution in [0.15, 0.2) is 0 Å². The first-order chi connectivity index (χ1) is 4.16. The van der Waals surface area contributed by atoms with Gasteiger partial charge < -0.3 is 10.1 Å². The molecule has 0 aromatic carbocycles. The fourth-order valence-corrected chi connectivity index (χ4v) is 0.211. The molecule has 0 bridgehead atoms. The molecule has 0 aromatic rings. The molecule has 0 heterocycles. The van der Waals surface area contributed by atoms with E-state index in [1.807, 2.05) is 0 Å². The van der Waals surface area contributed by atoms with Gasteiger partial charge in [0.25, 0.3) is 0 Å². The Balaban J connectivity index is 3.17. The van der Waals surface area contributed by atoms with E-state index in [2.05, 4.69) is 10.1 Å². The SMILES string of the molecule is CNC(=O)COC(F)F. The van der Waals surface area contributed by atoms with E-state index in [1.165, 1.54) is 7.05 Å². The number of carbonyl (C=O) groups is 1. The van der Waals surface area contributed by atoms with Crippen LogP contribution < -0.4 is 5.32 Å². The number of alkyl halides is 2. The third-order valence-corrected chi connectivity index (χ3v) is 0.619. The average Bonchev–Trinajstić information content (AvgIpc) is 1.83. The minimum atomic E-state index is -2.87. The smallest absolute Gasteiger partial charge is 0.345 e. The summed E-state index contributed by atoms with van der Waals surface area (Å²) in [5.74, 6) is -0.560. The maximum absolute atomic E-state index is 11.1. The molecular weight excluding hydrogens is 132 g/mol. The lowest BCUT2D eigenvalue weighted by atomic mass is 10.7. The molecule has 5 heteroatoms. The number of hydrogen-bond donors (Lipinski definition) is 1. The van der Waals surface area contributed by atoms with E-state index in [1.54, 1.807) is 0 Å². The Bertz CT molecular complexity index is 96.6. The number of likely N-dealkylation sites (N-methyl/N-ethyl adjacent to an activating group) is 1. The lowest BCUT2D eigenvalue weighted by Crippen LogP contribution is -2.24. The first kappa shape index (κ1) is 8.29. The highest BCUT2D eigenvalue weighted by atomic mass is 19.3. The quantitative estimate of drug-likeness (QED) is 0.596. The third-order valence-electron chi connectivity index (χ3n) is 0.619. The molecule has 0 saturated heterocycles. The van der Waals surface area contributed by atoms with Gasteiger partial charge in [-0.05, 0) is 0 Å². The van der Waals surface area contributed by atoms with Crippen molar-refractivity contribution >= 4 is 5.91 Å². The summed E-state index contributed by atoms with van der Waals surface area (Å²) in [6.07, 6.45) is 0. The lowest BCUT2D eigenvalue weighted by Gasteiger charge is -1.99. The molecule has 0 aliphatic carbocycles. The molecule has 1 amide bonds. The van der Waals surface area contributed by atoms with Crippen LogP contribution in [-0.4, -0.2) is 26.2 Å². The van der Waals surface area contributed by atoms with Crippen molar-refractivity contribution in [3.05, 3.63) is 0 Å². The zero-order chi connectivity index (χ0) is 7.28. The number of hydrogen-bond acceptors (Lipinski definition) is 2. The zero-order valence-corrected chi connectivity index (χ0v) is 4.86. The van der Waals surface area contributed by atoms with Crippen LogP contribution >= 0.6 is 0 Å². The minimum absolute atomic E-state index is 0.560. The minimum Gasteiger partial charge on any atom is -0.357 e. The number of ether oxygens (including phenoxy) is 1. The highest BCUT2D eigenvalue weighted by Crippen LogP contribution is 1.92. The molecule has 9 heavy (non-hydrogen) atoms. The highest BCUT2D eigenvalue weighted by Gasteiger charge is 2.04. The topological polar surface area (TPSA) is 38.3 Å². The van der Waals surface area contributed by atoms with Crippen LogP contribution in [0.25, 0.3) is 0 Å². The molecule has 0 spiro atoms. The van der Waals surface area contributed by atoms with Crippen molar-refractivity contribution in [2.75, 3.05) is 13.7 Å². The average molecular weight is 139 g/mol. The Kier molecular flexibility index (Phi) is 3.87. The molecular formula is C4H7F2NO2. The van der Waals surface area contributed by atoms with Crippen molar-refractivity contribution in [2.45, 2.75) is 6.61 Å². The monoisotopic (exact) mass is 139 g/mol. The summed E-state index contributed by atoms with van der Waals surface area (Å²) in [6.45, 7) is -3.46. The summed E-state index contributed by atoms with van der Waals surface area (Å²) in [6, 6.07) is 0. The van der Waals surface area contributed by atoms with Gasteiger partial charge in [-0.15, -0.1) is 0 Å². The largest absolute Gasteiger partial charge is 0.357 e. The van der Waals surface area contributed by atoms with Gasteiger partial charge in [-0.2, -0.15) is 8.78 Å². The molecule has 1 N–H and O–H groups in total. The maximum Gasteiger partial charge on any atom is 0.345 e. The molecule has 3 nitrogen and oxygen atoms in total. The first-order valence-corrected chi connectivity index (χ1v) is 2.27. The Labute approximate surface area is 51.0 Å². The van der Waals surface area contributed by atoms with Gasteiger partial charge in [0.2, 0.25) is 5.91 Å². The fraction of sp³-hybridized carbons (Fsp3) is 0.750. The molecule has 54 valence electrons. The van der Waals surface area contributed by atoms with Crippen molar-refractivity contribution < 1.29 is 18.3 Å². The van der Waals surface area contributed by atoms with E-state index in [9.17, 15) is 13.6 Å². The second-order valence-corrected chi connectivity index (χ2v) is 1.24. The van der Waals surface area contributed by atoms with E-state index >= 15 is 0 Å². The Morgan fingerprint density at radius 2 is 2.33 bits per heavy atom. The molecule has 0 saturated carbocycles. The van der Waals surface area contributed by atoms with Gasteiger partial charge in [-0.3, -0.25) is 4.79 Å². The summed E-state index contributed by atoms with van der Waals surface area (Å²) in [5, 5.41) is 2.12. The van der Waals surface area contributed by atoms with E-state index in [0.29, 0.717) is 0 Å². The van der Waals surface area contributed by atoms with Crippen LogP contribution in [0, 0.1) is 0 Å². The van der Waals surface area contributed by atoms with E-state index in [-0.39, 0.29) is 0 Å². The predicted molar refractivity (Wildman–Crippen MR) is 26.0 cm³/mol. The van der Waals surface area contributed by atoms with Crippen LogP contribution in [0.1, 0.15) is 0 Å². The molecule has 0 aromatic heterocycles. The Hall–Kier alpha value is -0.710. The van der Waals surface area contributed by atoms with Crippen LogP contribution in [0.2, 0.25) is 0 Å². The summed E-state index contributed by atoms with van der Waals surface area (Å²) < 4.78 is 25.9. The predicted octanol–water partition coefficient (Wildman–Crippen LogP) is -0.0284. The molecule has 0 atom stereocenters. The van der Waals surface area contributed by atoms with Crippen molar-refractivity contribution in [3.63, 3.8) is 0 Å². The summed E-state index contributed by atoms with van der Waals surface area (Å²) in [4.78, 5) is 10.1. The Morgan fingerprint density at radius 3 is 2.67 bits per heavy atom. The Morgan fingerprint density at radius 1 is 1.78 bits per heavy atom. The van der Waals surface area contributed by atoms with Crippen molar-refractivity contribution in [1.82, 2.24) is 5.32 Å². The van der Waals surface area contributed by atoms with Crippen molar-refractivity contribution in [2.24, 2.45) is 0 Å². The molecule has 0 unspecified atom stereocenters. The van der Waals surface area contributed by atoms with E-state index in [4.69, 9.17) is 0 Å².